The van der Waals surface area contributed by atoms with Gasteiger partial charge in [0, 0.05) is 41.2 Å². The van der Waals surface area contributed by atoms with Crippen molar-refractivity contribution in [3.8, 4) is 23.0 Å². The second kappa shape index (κ2) is 8.99. The molecule has 0 fully saturated rings. The maximum Gasteiger partial charge on any atom is 0.487 e. The predicted molar refractivity (Wildman–Crippen MR) is 119 cm³/mol. The molecule has 0 aliphatic rings. The maximum absolute atomic E-state index is 13.0. The molecule has 0 unspecified atom stereocenters. The number of rotatable bonds is 7. The first-order valence-corrected chi connectivity index (χ1v) is 10.2. The largest absolute Gasteiger partial charge is 0.487 e. The zero-order chi connectivity index (χ0) is 23.6. The van der Waals surface area contributed by atoms with Crippen LogP contribution in [0.25, 0.3) is 22.3 Å². The number of fused-ring (bicyclic) bond motifs is 1. The second-order valence-corrected chi connectivity index (χ2v) is 7.31. The van der Waals surface area contributed by atoms with Gasteiger partial charge in [0.1, 0.15) is 5.75 Å². The first-order valence-electron chi connectivity index (χ1n) is 9.82. The van der Waals surface area contributed by atoms with Crippen LogP contribution in [0.1, 0.15) is 17.3 Å². The molecule has 0 atom stereocenters. The molecule has 33 heavy (non-hydrogen) atoms. The Kier molecular flexibility index (Phi) is 6.10. The molecule has 1 N–H and O–H groups in total. The van der Waals surface area contributed by atoms with Crippen molar-refractivity contribution in [1.82, 2.24) is 19.7 Å². The van der Waals surface area contributed by atoms with Crippen molar-refractivity contribution in [3.63, 3.8) is 0 Å². The monoisotopic (exact) mass is 473 g/mol. The van der Waals surface area contributed by atoms with Gasteiger partial charge in [-0.25, -0.2) is 0 Å². The van der Waals surface area contributed by atoms with Crippen molar-refractivity contribution in [3.05, 3.63) is 60.3 Å². The molecule has 0 saturated carbocycles. The number of anilines is 1. The molecule has 0 aliphatic heterocycles. The van der Waals surface area contributed by atoms with Gasteiger partial charge in [0.15, 0.2) is 0 Å². The lowest BCUT2D eigenvalue weighted by molar-refractivity contribution is -0.0964. The van der Waals surface area contributed by atoms with Gasteiger partial charge < -0.3 is 14.8 Å². The number of aromatic nitrogens is 4. The zero-order valence-electron chi connectivity index (χ0n) is 17.6. The summed E-state index contributed by atoms with van der Waals surface area (Å²) in [6.45, 7) is 2.55. The summed E-state index contributed by atoms with van der Waals surface area (Å²) in [4.78, 5) is 17.5. The van der Waals surface area contributed by atoms with Crippen LogP contribution in [0.15, 0.2) is 54.7 Å². The standard InChI is InChI=1S/C22H18ClF2N5O3/c1-3-30-19-16(17-5-4-10-26-29-17)11-13(12-18(19)28-21(30)32-2)20(31)27-14-6-8-15(9-7-14)33-22(23,24)25/h4-12H,3H2,1-2H3,(H,27,31). The number of methoxy groups -OCH3 is 1. The van der Waals surface area contributed by atoms with Gasteiger partial charge in [0.2, 0.25) is 0 Å². The Labute approximate surface area is 192 Å². The lowest BCUT2D eigenvalue weighted by Gasteiger charge is -2.12. The molecular formula is C22H18ClF2N5O3. The Hall–Kier alpha value is -3.79. The SMILES string of the molecule is CCn1c(OC)nc2cc(C(=O)Nc3ccc(OC(F)(F)Cl)cc3)cc(-c3cccnn3)c21. The van der Waals surface area contributed by atoms with Gasteiger partial charge in [-0.3, -0.25) is 9.36 Å². The Bertz CT molecular complexity index is 1290. The number of nitrogens with one attached hydrogen (secondary N) is 1. The first-order chi connectivity index (χ1) is 15.8. The second-order valence-electron chi connectivity index (χ2n) is 6.87. The fraction of sp³-hybridized carbons (Fsp3) is 0.182. The molecule has 0 saturated heterocycles. The summed E-state index contributed by atoms with van der Waals surface area (Å²) in [6, 6.07) is 12.7. The maximum atomic E-state index is 13.0. The van der Waals surface area contributed by atoms with Crippen molar-refractivity contribution < 1.29 is 23.0 Å². The van der Waals surface area contributed by atoms with E-state index < -0.39 is 11.5 Å². The van der Waals surface area contributed by atoms with Crippen LogP contribution in [0.5, 0.6) is 11.8 Å². The van der Waals surface area contributed by atoms with Crippen LogP contribution in [0.2, 0.25) is 0 Å². The fourth-order valence-electron chi connectivity index (χ4n) is 3.41. The number of aryl methyl sites for hydroxylation is 1. The summed E-state index contributed by atoms with van der Waals surface area (Å²) < 4.78 is 37.1. The van der Waals surface area contributed by atoms with Crippen LogP contribution >= 0.6 is 11.6 Å². The first kappa shape index (κ1) is 22.4. The van der Waals surface area contributed by atoms with E-state index in [0.717, 1.165) is 5.52 Å². The number of ether oxygens (including phenoxy) is 2. The van der Waals surface area contributed by atoms with Gasteiger partial charge in [-0.1, -0.05) is 0 Å². The van der Waals surface area contributed by atoms with Crippen LogP contribution in [0.3, 0.4) is 0 Å². The molecular weight excluding hydrogens is 456 g/mol. The number of benzene rings is 2. The van der Waals surface area contributed by atoms with E-state index in [-0.39, 0.29) is 5.75 Å². The molecule has 0 spiro atoms. The van der Waals surface area contributed by atoms with Crippen LogP contribution < -0.4 is 14.8 Å². The average molecular weight is 474 g/mol. The summed E-state index contributed by atoms with van der Waals surface area (Å²) in [5.41, 5.74) is -0.582. The highest BCUT2D eigenvalue weighted by Crippen LogP contribution is 2.32. The average Bonchev–Trinajstić information content (AvgIpc) is 3.17. The zero-order valence-corrected chi connectivity index (χ0v) is 18.3. The van der Waals surface area contributed by atoms with Gasteiger partial charge in [0.25, 0.3) is 11.9 Å². The predicted octanol–water partition coefficient (Wildman–Crippen LogP) is 4.94. The lowest BCUT2D eigenvalue weighted by atomic mass is 10.0. The van der Waals surface area contributed by atoms with Crippen molar-refractivity contribution in [1.29, 1.82) is 0 Å². The molecule has 0 aliphatic carbocycles. The van der Waals surface area contributed by atoms with Gasteiger partial charge in [-0.2, -0.15) is 15.2 Å². The van der Waals surface area contributed by atoms with E-state index >= 15 is 0 Å². The Morgan fingerprint density at radius 1 is 1.21 bits per heavy atom. The quantitative estimate of drug-likeness (QED) is 0.382. The van der Waals surface area contributed by atoms with E-state index in [0.29, 0.717) is 40.6 Å². The Balaban J connectivity index is 1.71. The summed E-state index contributed by atoms with van der Waals surface area (Å²) in [5.74, 6) is -0.569. The minimum Gasteiger partial charge on any atom is -0.468 e. The number of halogens is 3. The van der Waals surface area contributed by atoms with Gasteiger partial charge >= 0.3 is 5.57 Å². The number of alkyl halides is 3. The summed E-state index contributed by atoms with van der Waals surface area (Å²) in [5, 5.41) is 10.8. The minimum absolute atomic E-state index is 0.142. The molecule has 2 aromatic heterocycles. The van der Waals surface area contributed by atoms with E-state index in [1.807, 2.05) is 11.5 Å². The van der Waals surface area contributed by atoms with Crippen molar-refractivity contribution in [2.24, 2.45) is 0 Å². The summed E-state index contributed by atoms with van der Waals surface area (Å²) >= 11 is 4.77. The minimum atomic E-state index is -3.82. The summed E-state index contributed by atoms with van der Waals surface area (Å²) in [7, 11) is 1.52. The smallest absolute Gasteiger partial charge is 0.468 e. The van der Waals surface area contributed by atoms with E-state index in [2.05, 4.69) is 25.2 Å². The van der Waals surface area contributed by atoms with Crippen molar-refractivity contribution in [2.45, 2.75) is 19.0 Å². The lowest BCUT2D eigenvalue weighted by Crippen LogP contribution is -2.16. The van der Waals surface area contributed by atoms with Gasteiger partial charge in [0.05, 0.1) is 23.8 Å². The number of hydrogen-bond acceptors (Lipinski definition) is 6. The van der Waals surface area contributed by atoms with Crippen molar-refractivity contribution >= 4 is 34.2 Å². The molecule has 8 nitrogen and oxygen atoms in total. The van der Waals surface area contributed by atoms with Crippen LogP contribution in [-0.4, -0.2) is 38.3 Å². The number of imidazole rings is 1. The number of amides is 1. The molecule has 170 valence electrons. The third kappa shape index (κ3) is 4.85. The third-order valence-electron chi connectivity index (χ3n) is 4.76. The van der Waals surface area contributed by atoms with Crippen molar-refractivity contribution in [2.75, 3.05) is 12.4 Å². The highest BCUT2D eigenvalue weighted by Gasteiger charge is 2.27. The Morgan fingerprint density at radius 2 is 1.97 bits per heavy atom. The van der Waals surface area contributed by atoms with E-state index in [1.54, 1.807) is 30.5 Å². The highest BCUT2D eigenvalue weighted by atomic mass is 35.5. The summed E-state index contributed by atoms with van der Waals surface area (Å²) in [6.07, 6.45) is 1.56. The number of carbonyl (C=O) groups is 1. The van der Waals surface area contributed by atoms with E-state index in [9.17, 15) is 13.6 Å². The number of hydrogen-bond donors (Lipinski definition) is 1. The van der Waals surface area contributed by atoms with Gasteiger partial charge in [-0.05, 0) is 55.5 Å². The third-order valence-corrected chi connectivity index (χ3v) is 4.84. The van der Waals surface area contributed by atoms with E-state index in [1.165, 1.54) is 31.4 Å². The molecule has 11 heteroatoms. The molecule has 0 bridgehead atoms. The fourth-order valence-corrected chi connectivity index (χ4v) is 3.50. The molecule has 4 aromatic rings. The van der Waals surface area contributed by atoms with Gasteiger partial charge in [-0.15, -0.1) is 8.78 Å². The molecule has 4 rings (SSSR count). The topological polar surface area (TPSA) is 91.2 Å². The molecule has 2 heterocycles. The molecule has 1 amide bonds. The van der Waals surface area contributed by atoms with Crippen LogP contribution in [-0.2, 0) is 6.54 Å². The van der Waals surface area contributed by atoms with Crippen LogP contribution in [0.4, 0.5) is 14.5 Å². The Morgan fingerprint density at radius 3 is 2.58 bits per heavy atom. The highest BCUT2D eigenvalue weighted by molar-refractivity contribution is 6.20. The number of nitrogens with zero attached hydrogens (tertiary/aromatic N) is 4. The number of carbonyl (C=O) groups excluding carboxylic acids is 1. The molecule has 0 radical (unpaired) electrons. The van der Waals surface area contributed by atoms with E-state index in [4.69, 9.17) is 16.3 Å². The molecule has 2 aromatic carbocycles. The van der Waals surface area contributed by atoms with Crippen LogP contribution in [0, 0.1) is 0 Å². The normalized spacial score (nSPS) is 11.4.